The number of ether oxygens (including phenoxy) is 2. The van der Waals surface area contributed by atoms with Crippen molar-refractivity contribution in [3.63, 3.8) is 0 Å². The second-order valence-electron chi connectivity index (χ2n) is 5.28. The monoisotopic (exact) mass is 330 g/mol. The van der Waals surface area contributed by atoms with Crippen molar-refractivity contribution in [1.29, 1.82) is 0 Å². The molecule has 9 heteroatoms. The predicted octanol–water partition coefficient (Wildman–Crippen LogP) is -0.344. The highest BCUT2D eigenvalue weighted by atomic mass is 35.5. The van der Waals surface area contributed by atoms with Crippen molar-refractivity contribution in [2.45, 2.75) is 18.6 Å². The Labute approximate surface area is 133 Å². The minimum absolute atomic E-state index is 0.00177. The molecule has 1 aromatic heterocycles. The van der Waals surface area contributed by atoms with Crippen LogP contribution in [0.4, 0.5) is 0 Å². The maximum Gasteiger partial charge on any atom is 0.244 e. The molecule has 0 saturated carbocycles. The van der Waals surface area contributed by atoms with Gasteiger partial charge in [-0.1, -0.05) is 11.6 Å². The minimum atomic E-state index is -0.893. The summed E-state index contributed by atoms with van der Waals surface area (Å²) in [6.45, 7) is 1.28. The van der Waals surface area contributed by atoms with Gasteiger partial charge in [0.1, 0.15) is 12.1 Å². The zero-order chi connectivity index (χ0) is 16.2. The third kappa shape index (κ3) is 4.19. The first-order chi connectivity index (χ1) is 10.4. The number of nitrogens with two attached hydrogens (primary N) is 1. The highest BCUT2D eigenvalue weighted by Gasteiger charge is 2.40. The van der Waals surface area contributed by atoms with Crippen LogP contribution in [0, 0.1) is 0 Å². The van der Waals surface area contributed by atoms with E-state index in [2.05, 4.69) is 5.10 Å². The number of carbonyl (C=O) groups excluding carboxylic acids is 2. The first-order valence-electron chi connectivity index (χ1n) is 6.81. The molecular formula is C13H19ClN4O4. The molecule has 2 rings (SSSR count). The summed E-state index contributed by atoms with van der Waals surface area (Å²) in [5.74, 6) is -0.627. The summed E-state index contributed by atoms with van der Waals surface area (Å²) in [4.78, 5) is 25.3. The molecule has 1 aromatic rings. The van der Waals surface area contributed by atoms with E-state index in [1.54, 1.807) is 11.1 Å². The fourth-order valence-corrected chi connectivity index (χ4v) is 2.70. The quantitative estimate of drug-likeness (QED) is 0.769. The second-order valence-corrected chi connectivity index (χ2v) is 5.72. The largest absolute Gasteiger partial charge is 0.382 e. The molecule has 2 amide bonds. The number of halogens is 1. The number of methoxy groups -OCH3 is 1. The average molecular weight is 331 g/mol. The Morgan fingerprint density at radius 2 is 2.36 bits per heavy atom. The van der Waals surface area contributed by atoms with Crippen LogP contribution in [0.5, 0.6) is 0 Å². The molecule has 0 aliphatic carbocycles. The van der Waals surface area contributed by atoms with Crippen LogP contribution in [0.15, 0.2) is 12.4 Å². The molecule has 1 aliphatic rings. The van der Waals surface area contributed by atoms with E-state index in [1.165, 1.54) is 18.0 Å². The summed E-state index contributed by atoms with van der Waals surface area (Å²) in [7, 11) is 1.51. The third-order valence-electron chi connectivity index (χ3n) is 3.40. The number of morpholine rings is 1. The van der Waals surface area contributed by atoms with E-state index in [0.29, 0.717) is 18.2 Å². The van der Waals surface area contributed by atoms with Gasteiger partial charge in [0.25, 0.3) is 0 Å². The maximum atomic E-state index is 12.4. The smallest absolute Gasteiger partial charge is 0.244 e. The number of hydrogen-bond acceptors (Lipinski definition) is 5. The zero-order valence-electron chi connectivity index (χ0n) is 12.3. The van der Waals surface area contributed by atoms with Gasteiger partial charge in [-0.05, 0) is 0 Å². The fraction of sp³-hybridized carbons (Fsp3) is 0.615. The summed E-state index contributed by atoms with van der Waals surface area (Å²) in [5, 5.41) is 4.45. The Morgan fingerprint density at radius 1 is 1.59 bits per heavy atom. The Balaban J connectivity index is 2.04. The van der Waals surface area contributed by atoms with Crippen molar-refractivity contribution < 1.29 is 19.1 Å². The van der Waals surface area contributed by atoms with Crippen LogP contribution in [0.25, 0.3) is 0 Å². The summed E-state index contributed by atoms with van der Waals surface area (Å²) >= 11 is 5.78. The van der Waals surface area contributed by atoms with E-state index in [4.69, 9.17) is 26.8 Å². The number of hydrogen-bond donors (Lipinski definition) is 1. The molecule has 1 aliphatic heterocycles. The Kier molecular flexibility index (Phi) is 5.38. The van der Waals surface area contributed by atoms with E-state index in [-0.39, 0.29) is 32.0 Å². The van der Waals surface area contributed by atoms with Gasteiger partial charge in [0.05, 0.1) is 37.4 Å². The molecule has 1 saturated heterocycles. The molecule has 2 heterocycles. The summed E-state index contributed by atoms with van der Waals surface area (Å²) < 4.78 is 12.3. The van der Waals surface area contributed by atoms with Crippen LogP contribution in [0.3, 0.4) is 0 Å². The van der Waals surface area contributed by atoms with Gasteiger partial charge in [-0.3, -0.25) is 14.3 Å². The van der Waals surface area contributed by atoms with E-state index in [0.717, 1.165) is 0 Å². The van der Waals surface area contributed by atoms with Crippen molar-refractivity contribution in [2.24, 2.45) is 5.73 Å². The van der Waals surface area contributed by atoms with Crippen LogP contribution >= 0.6 is 11.6 Å². The predicted molar refractivity (Wildman–Crippen MR) is 78.2 cm³/mol. The van der Waals surface area contributed by atoms with Gasteiger partial charge in [0, 0.05) is 19.9 Å². The third-order valence-corrected chi connectivity index (χ3v) is 3.60. The average Bonchev–Trinajstić information content (AvgIpc) is 2.83. The summed E-state index contributed by atoms with van der Waals surface area (Å²) in [5.41, 5.74) is 4.39. The highest BCUT2D eigenvalue weighted by Crippen LogP contribution is 2.23. The lowest BCUT2D eigenvalue weighted by Crippen LogP contribution is -2.57. The molecule has 122 valence electrons. The lowest BCUT2D eigenvalue weighted by atomic mass is 9.97. The van der Waals surface area contributed by atoms with Gasteiger partial charge in [-0.25, -0.2) is 0 Å². The molecule has 0 spiro atoms. The van der Waals surface area contributed by atoms with Crippen molar-refractivity contribution in [1.82, 2.24) is 14.7 Å². The normalized spacial score (nSPS) is 21.8. The van der Waals surface area contributed by atoms with Crippen molar-refractivity contribution in [3.8, 4) is 0 Å². The number of primary amides is 1. The van der Waals surface area contributed by atoms with Crippen LogP contribution in [0.2, 0.25) is 5.02 Å². The van der Waals surface area contributed by atoms with E-state index < -0.39 is 11.5 Å². The maximum absolute atomic E-state index is 12.4. The zero-order valence-corrected chi connectivity index (χ0v) is 13.1. The Hall–Kier alpha value is -1.64. The van der Waals surface area contributed by atoms with E-state index in [9.17, 15) is 9.59 Å². The van der Waals surface area contributed by atoms with E-state index >= 15 is 0 Å². The molecule has 1 unspecified atom stereocenters. The van der Waals surface area contributed by atoms with Gasteiger partial charge in [0.15, 0.2) is 0 Å². The van der Waals surface area contributed by atoms with Crippen molar-refractivity contribution in [2.75, 3.05) is 33.4 Å². The molecule has 0 aromatic carbocycles. The van der Waals surface area contributed by atoms with Crippen LogP contribution in [-0.2, 0) is 25.6 Å². The van der Waals surface area contributed by atoms with Gasteiger partial charge < -0.3 is 20.1 Å². The highest BCUT2D eigenvalue weighted by molar-refractivity contribution is 6.30. The standard InChI is InChI=1S/C13H19ClN4O4/c1-21-9-13(4-11(15)19)8-17(2-3-22-13)12(20)7-18-6-10(14)5-16-18/h5-6H,2-4,7-9H2,1H3,(H2,15,19). The Bertz CT molecular complexity index is 546. The van der Waals surface area contributed by atoms with Crippen LogP contribution in [-0.4, -0.2) is 65.5 Å². The lowest BCUT2D eigenvalue weighted by Gasteiger charge is -2.41. The summed E-state index contributed by atoms with van der Waals surface area (Å²) in [6, 6.07) is 0. The van der Waals surface area contributed by atoms with Gasteiger partial charge in [-0.2, -0.15) is 5.10 Å². The molecular weight excluding hydrogens is 312 g/mol. The molecule has 1 atom stereocenters. The molecule has 1 fully saturated rings. The molecule has 0 radical (unpaired) electrons. The molecule has 22 heavy (non-hydrogen) atoms. The fourth-order valence-electron chi connectivity index (χ4n) is 2.55. The minimum Gasteiger partial charge on any atom is -0.382 e. The van der Waals surface area contributed by atoms with Gasteiger partial charge in [-0.15, -0.1) is 0 Å². The van der Waals surface area contributed by atoms with Crippen molar-refractivity contribution >= 4 is 23.4 Å². The lowest BCUT2D eigenvalue weighted by molar-refractivity contribution is -0.166. The molecule has 2 N–H and O–H groups in total. The molecule has 8 nitrogen and oxygen atoms in total. The number of nitrogens with zero attached hydrogens (tertiary/aromatic N) is 3. The first kappa shape index (κ1) is 16.7. The van der Waals surface area contributed by atoms with Crippen molar-refractivity contribution in [3.05, 3.63) is 17.4 Å². The first-order valence-corrected chi connectivity index (χ1v) is 7.19. The number of rotatable bonds is 6. The van der Waals surface area contributed by atoms with E-state index in [1.807, 2.05) is 0 Å². The number of amides is 2. The number of carbonyl (C=O) groups is 2. The van der Waals surface area contributed by atoms with Crippen LogP contribution < -0.4 is 5.73 Å². The SMILES string of the molecule is COCC1(CC(N)=O)CN(C(=O)Cn2cc(Cl)cn2)CCO1. The topological polar surface area (TPSA) is 99.7 Å². The van der Waals surface area contributed by atoms with Crippen LogP contribution in [0.1, 0.15) is 6.42 Å². The number of aromatic nitrogens is 2. The second kappa shape index (κ2) is 7.08. The Morgan fingerprint density at radius 3 is 2.95 bits per heavy atom. The van der Waals surface area contributed by atoms with Gasteiger partial charge in [0.2, 0.25) is 11.8 Å². The molecule has 0 bridgehead atoms. The summed E-state index contributed by atoms with van der Waals surface area (Å²) in [6.07, 6.45) is 3.04. The van der Waals surface area contributed by atoms with Gasteiger partial charge >= 0.3 is 0 Å².